The summed E-state index contributed by atoms with van der Waals surface area (Å²) < 4.78 is 5.15. The first-order valence-corrected chi connectivity index (χ1v) is 9.74. The number of methoxy groups -OCH3 is 1. The van der Waals surface area contributed by atoms with Crippen molar-refractivity contribution in [3.8, 4) is 11.1 Å². The average Bonchev–Trinajstić information content (AvgIpc) is 2.74. The minimum Gasteiger partial charge on any atom is -0.392 e. The fourth-order valence-electron chi connectivity index (χ4n) is 2.50. The Morgan fingerprint density at radius 3 is 2.07 bits per heavy atom. The number of carbonyl (C=O) groups is 1. The quantitative estimate of drug-likeness (QED) is 0.617. The Kier molecular flexibility index (Phi) is 18.1. The molecule has 0 spiro atoms. The number of aliphatic hydroxyl groups excluding tert-OH is 1. The van der Waals surface area contributed by atoms with Crippen LogP contribution in [0.15, 0.2) is 54.6 Å². The molecule has 0 amide bonds. The molecule has 0 atom stereocenters. The lowest BCUT2D eigenvalue weighted by Crippen LogP contribution is -2.00. The van der Waals surface area contributed by atoms with Crippen molar-refractivity contribution in [2.75, 3.05) is 13.7 Å². The Morgan fingerprint density at radius 2 is 1.57 bits per heavy atom. The van der Waals surface area contributed by atoms with Crippen LogP contribution in [-0.4, -0.2) is 25.6 Å². The first-order chi connectivity index (χ1) is 13.5. The third-order valence-corrected chi connectivity index (χ3v) is 3.66. The number of allylic oxidation sites excluding steroid dienone is 1. The number of rotatable bonds is 6. The lowest BCUT2D eigenvalue weighted by Gasteiger charge is -2.12. The number of hydrogen-bond donors (Lipinski definition) is 1. The Morgan fingerprint density at radius 1 is 1.00 bits per heavy atom. The molecule has 0 radical (unpaired) electrons. The topological polar surface area (TPSA) is 46.5 Å². The molecule has 0 aliphatic heterocycles. The molecule has 2 rings (SSSR count). The summed E-state index contributed by atoms with van der Waals surface area (Å²) in [5.74, 6) is 0. The van der Waals surface area contributed by atoms with E-state index in [1.165, 1.54) is 22.3 Å². The Hall–Kier alpha value is -2.23. The van der Waals surface area contributed by atoms with E-state index in [2.05, 4.69) is 49.9 Å². The van der Waals surface area contributed by atoms with Crippen LogP contribution in [0.4, 0.5) is 0 Å². The van der Waals surface area contributed by atoms with Crippen molar-refractivity contribution in [1.29, 1.82) is 0 Å². The fraction of sp³-hybridized carbons (Fsp3) is 0.400. The highest BCUT2D eigenvalue weighted by Gasteiger charge is 2.07. The summed E-state index contributed by atoms with van der Waals surface area (Å²) in [4.78, 5) is 8.00. The molecule has 2 aromatic rings. The third-order valence-electron chi connectivity index (χ3n) is 3.66. The van der Waals surface area contributed by atoms with E-state index in [4.69, 9.17) is 9.53 Å². The molecule has 0 unspecified atom stereocenters. The van der Waals surface area contributed by atoms with Gasteiger partial charge >= 0.3 is 0 Å². The van der Waals surface area contributed by atoms with Gasteiger partial charge in [-0.2, -0.15) is 0 Å². The molecule has 0 saturated heterocycles. The van der Waals surface area contributed by atoms with E-state index in [9.17, 15) is 5.11 Å². The van der Waals surface area contributed by atoms with E-state index in [0.29, 0.717) is 6.61 Å². The van der Waals surface area contributed by atoms with E-state index in [0.717, 1.165) is 24.0 Å². The summed E-state index contributed by atoms with van der Waals surface area (Å²) in [6.45, 7) is 16.4. The van der Waals surface area contributed by atoms with Crippen LogP contribution in [0.25, 0.3) is 11.1 Å². The molecule has 0 saturated carbocycles. The van der Waals surface area contributed by atoms with Crippen molar-refractivity contribution in [2.45, 2.75) is 54.1 Å². The summed E-state index contributed by atoms with van der Waals surface area (Å²) in [6.07, 6.45) is 1.85. The number of aliphatic hydroxyl groups is 1. The molecule has 0 aliphatic carbocycles. The monoisotopic (exact) mass is 386 g/mol. The van der Waals surface area contributed by atoms with Gasteiger partial charge < -0.3 is 14.6 Å². The van der Waals surface area contributed by atoms with E-state index >= 15 is 0 Å². The number of benzene rings is 2. The molecule has 3 heteroatoms. The lowest BCUT2D eigenvalue weighted by molar-refractivity contribution is -0.0979. The van der Waals surface area contributed by atoms with Gasteiger partial charge in [0.2, 0.25) is 0 Å². The summed E-state index contributed by atoms with van der Waals surface area (Å²) in [5.41, 5.74) is 7.16. The van der Waals surface area contributed by atoms with Crippen LogP contribution in [0.1, 0.15) is 51.3 Å². The number of aryl methyl sites for hydroxylation is 1. The maximum Gasteiger partial charge on any atom is 0.106 e. The second-order valence-electron chi connectivity index (χ2n) is 6.10. The van der Waals surface area contributed by atoms with E-state index in [-0.39, 0.29) is 6.61 Å². The standard InChI is InChI=1S/C18H22O2.C4H8.C2H6.CH2O/c1-3-14-6-4-5-7-18(14)16-8-9-17(13-19)15(12-16)10-11-20-2;1-4(2)3;2*1-2/h4-9,12,19H,3,10-11,13H2,1-2H3;1H2,2-3H3;1-2H3;1H2. The predicted molar refractivity (Wildman–Crippen MR) is 122 cm³/mol. The summed E-state index contributed by atoms with van der Waals surface area (Å²) in [7, 11) is 1.70. The predicted octanol–water partition coefficient (Wildman–Crippen LogP) is 6.02. The van der Waals surface area contributed by atoms with Gasteiger partial charge in [-0.05, 0) is 54.5 Å². The molecule has 0 aliphatic rings. The van der Waals surface area contributed by atoms with Gasteiger partial charge in [0.1, 0.15) is 6.79 Å². The second-order valence-corrected chi connectivity index (χ2v) is 6.10. The molecule has 28 heavy (non-hydrogen) atoms. The van der Waals surface area contributed by atoms with Crippen LogP contribution < -0.4 is 0 Å². The fourth-order valence-corrected chi connectivity index (χ4v) is 2.50. The highest BCUT2D eigenvalue weighted by atomic mass is 16.5. The molecular formula is C25H38O3. The molecule has 2 aromatic carbocycles. The molecule has 0 fully saturated rings. The third kappa shape index (κ3) is 10.8. The molecule has 1 N–H and O–H groups in total. The first-order valence-electron chi connectivity index (χ1n) is 9.74. The van der Waals surface area contributed by atoms with Gasteiger partial charge in [-0.3, -0.25) is 0 Å². The summed E-state index contributed by atoms with van der Waals surface area (Å²) in [6, 6.07) is 14.8. The maximum atomic E-state index is 9.44. The van der Waals surface area contributed by atoms with Gasteiger partial charge in [0.05, 0.1) is 13.2 Å². The minimum absolute atomic E-state index is 0.0781. The Labute approximate surface area is 172 Å². The maximum absolute atomic E-state index is 9.44. The van der Waals surface area contributed by atoms with E-state index < -0.39 is 0 Å². The zero-order valence-corrected chi connectivity index (χ0v) is 18.5. The number of hydrogen-bond acceptors (Lipinski definition) is 3. The molecule has 0 bridgehead atoms. The smallest absolute Gasteiger partial charge is 0.106 e. The van der Waals surface area contributed by atoms with Crippen molar-refractivity contribution in [2.24, 2.45) is 0 Å². The van der Waals surface area contributed by atoms with Crippen LogP contribution in [0.5, 0.6) is 0 Å². The zero-order chi connectivity index (χ0) is 21.9. The summed E-state index contributed by atoms with van der Waals surface area (Å²) in [5, 5.41) is 9.44. The normalized spacial score (nSPS) is 8.96. The Bertz CT molecular complexity index is 659. The Balaban J connectivity index is 0. The average molecular weight is 387 g/mol. The highest BCUT2D eigenvalue weighted by molar-refractivity contribution is 5.68. The molecule has 3 nitrogen and oxygen atoms in total. The van der Waals surface area contributed by atoms with E-state index in [1.54, 1.807) is 7.11 Å². The number of carbonyl (C=O) groups excluding carboxylic acids is 1. The summed E-state index contributed by atoms with van der Waals surface area (Å²) >= 11 is 0. The van der Waals surface area contributed by atoms with E-state index in [1.807, 2.05) is 40.6 Å². The molecule has 0 aromatic heterocycles. The van der Waals surface area contributed by atoms with Crippen LogP contribution >= 0.6 is 0 Å². The highest BCUT2D eigenvalue weighted by Crippen LogP contribution is 2.26. The van der Waals surface area contributed by atoms with Crippen LogP contribution in [0.3, 0.4) is 0 Å². The minimum atomic E-state index is 0.0781. The second kappa shape index (κ2) is 18.1. The largest absolute Gasteiger partial charge is 0.392 e. The molecule has 0 heterocycles. The molecular weight excluding hydrogens is 348 g/mol. The van der Waals surface area contributed by atoms with Crippen molar-refractivity contribution >= 4 is 6.79 Å². The van der Waals surface area contributed by atoms with Crippen LogP contribution in [-0.2, 0) is 29.0 Å². The first kappa shape index (κ1) is 28.0. The van der Waals surface area contributed by atoms with Crippen LogP contribution in [0.2, 0.25) is 0 Å². The van der Waals surface area contributed by atoms with Gasteiger partial charge in [-0.25, -0.2) is 0 Å². The SMILES string of the molecule is C=C(C)C.C=O.CC.CCc1ccccc1-c1ccc(CO)c(CCOC)c1. The van der Waals surface area contributed by atoms with Gasteiger partial charge in [-0.15, -0.1) is 6.58 Å². The van der Waals surface area contributed by atoms with Gasteiger partial charge in [0.15, 0.2) is 0 Å². The van der Waals surface area contributed by atoms with Crippen molar-refractivity contribution in [1.82, 2.24) is 0 Å². The van der Waals surface area contributed by atoms with Crippen molar-refractivity contribution in [3.05, 3.63) is 71.3 Å². The van der Waals surface area contributed by atoms with Gasteiger partial charge in [0, 0.05) is 7.11 Å². The zero-order valence-electron chi connectivity index (χ0n) is 18.5. The van der Waals surface area contributed by atoms with Crippen molar-refractivity contribution < 1.29 is 14.6 Å². The van der Waals surface area contributed by atoms with Crippen molar-refractivity contribution in [3.63, 3.8) is 0 Å². The lowest BCUT2D eigenvalue weighted by atomic mass is 9.94. The van der Waals surface area contributed by atoms with Gasteiger partial charge in [-0.1, -0.05) is 68.8 Å². The van der Waals surface area contributed by atoms with Gasteiger partial charge in [0.25, 0.3) is 0 Å². The van der Waals surface area contributed by atoms with Crippen LogP contribution in [0, 0.1) is 0 Å². The molecule has 156 valence electrons. The number of ether oxygens (including phenoxy) is 1.